The molecule has 0 saturated carbocycles. The number of fused-ring (bicyclic) bond motifs is 6. The molecule has 2 aliphatic carbocycles. The van der Waals surface area contributed by atoms with Crippen molar-refractivity contribution in [3.63, 3.8) is 0 Å². The zero-order valence-electron chi connectivity index (χ0n) is 38.3. The first-order valence-electron chi connectivity index (χ1n) is 23.2. The van der Waals surface area contributed by atoms with Crippen LogP contribution >= 0.6 is 0 Å². The van der Waals surface area contributed by atoms with Crippen LogP contribution < -0.4 is 5.32 Å². The Bertz CT molecular complexity index is 3310. The maximum atomic E-state index is 9.42. The predicted octanol–water partition coefficient (Wildman–Crippen LogP) is 17.0. The number of aromatic nitrogens is 1. The van der Waals surface area contributed by atoms with Crippen molar-refractivity contribution in [2.24, 2.45) is 0 Å². The Morgan fingerprint density at radius 1 is 0.627 bits per heavy atom. The van der Waals surface area contributed by atoms with Crippen molar-refractivity contribution >= 4 is 44.3 Å². The summed E-state index contributed by atoms with van der Waals surface area (Å²) in [6.07, 6.45) is 13.9. The molecule has 8 aromatic carbocycles. The Morgan fingerprint density at radius 2 is 1.24 bits per heavy atom. The number of rotatable bonds is 9. The molecule has 0 amide bonds. The second-order valence-corrected chi connectivity index (χ2v) is 16.4. The maximum Gasteiger partial charge on any atom is 0.0991 e. The van der Waals surface area contributed by atoms with Crippen molar-refractivity contribution in [1.29, 1.82) is 5.26 Å². The molecule has 9 aromatic rings. The molecule has 0 spiro atoms. The lowest BCUT2D eigenvalue weighted by Gasteiger charge is -2.34. The van der Waals surface area contributed by atoms with E-state index in [-0.39, 0.29) is 0 Å². The summed E-state index contributed by atoms with van der Waals surface area (Å²) >= 11 is 0. The van der Waals surface area contributed by atoms with Gasteiger partial charge in [0.15, 0.2) is 0 Å². The van der Waals surface area contributed by atoms with Crippen LogP contribution in [0.1, 0.15) is 60.6 Å². The Kier molecular flexibility index (Phi) is 12.9. The first kappa shape index (κ1) is 43.8. The number of para-hydroxylation sites is 1. The third kappa shape index (κ3) is 8.27. The Balaban J connectivity index is 0.000000646. The third-order valence-electron chi connectivity index (χ3n) is 12.6. The minimum Gasteiger partial charge on any atom is -0.355 e. The third-order valence-corrected chi connectivity index (χ3v) is 12.6. The van der Waals surface area contributed by atoms with Crippen molar-refractivity contribution in [2.75, 3.05) is 5.32 Å². The summed E-state index contributed by atoms with van der Waals surface area (Å²) in [6.45, 7) is 10.6. The average Bonchev–Trinajstić information content (AvgIpc) is 4.09. The van der Waals surface area contributed by atoms with Crippen molar-refractivity contribution in [3.8, 4) is 22.9 Å². The smallest absolute Gasteiger partial charge is 0.0991 e. The number of benzene rings is 8. The van der Waals surface area contributed by atoms with Gasteiger partial charge in [0.1, 0.15) is 0 Å². The summed E-state index contributed by atoms with van der Waals surface area (Å²) in [5, 5.41) is 15.6. The molecule has 0 atom stereocenters. The molecule has 1 heterocycles. The summed E-state index contributed by atoms with van der Waals surface area (Å²) in [5.74, 6) is 0. The van der Waals surface area contributed by atoms with Crippen molar-refractivity contribution in [3.05, 3.63) is 282 Å². The van der Waals surface area contributed by atoms with Gasteiger partial charge in [-0.15, -0.1) is 0 Å². The van der Waals surface area contributed by atoms with Gasteiger partial charge in [0.2, 0.25) is 0 Å². The van der Waals surface area contributed by atoms with Crippen LogP contribution in [-0.2, 0) is 5.41 Å². The standard InChI is InChI=1S/C56H41N3.C6H6.C2H6/c1-3-4-7-15-38(2)49-34-40(41-27-33-55-50(35-41)48-20-12-13-23-54(48)59(55)45-29-24-39(37-57)25-30-45)26-32-53(49)58-44-28-31-47-46-21-14-22-51(46)56(52(47)36-44,42-16-8-5-9-17-42)43-18-10-6-11-19-43;1-2-4-6-5-3-1;1-2/h3-13,15-36,58H,2,14H2,1H3;1-6H;1-2H3/b4-3-,15-7-;;. The molecule has 0 saturated heterocycles. The van der Waals surface area contributed by atoms with E-state index in [1.165, 1.54) is 44.2 Å². The topological polar surface area (TPSA) is 40.8 Å². The summed E-state index contributed by atoms with van der Waals surface area (Å²) in [4.78, 5) is 0. The van der Waals surface area contributed by atoms with Crippen LogP contribution in [0.25, 0.3) is 49.8 Å². The van der Waals surface area contributed by atoms with Crippen LogP contribution in [0.4, 0.5) is 11.4 Å². The molecule has 1 N–H and O–H groups in total. The highest BCUT2D eigenvalue weighted by molar-refractivity contribution is 6.10. The molecular weight excluding hydrogens is 811 g/mol. The van der Waals surface area contributed by atoms with Gasteiger partial charge in [-0.1, -0.05) is 190 Å². The molecule has 0 bridgehead atoms. The van der Waals surface area contributed by atoms with E-state index in [0.29, 0.717) is 5.56 Å². The zero-order valence-corrected chi connectivity index (χ0v) is 38.3. The fraction of sp³-hybridized carbons (Fsp3) is 0.0781. The van der Waals surface area contributed by atoms with E-state index < -0.39 is 5.41 Å². The van der Waals surface area contributed by atoms with E-state index >= 15 is 0 Å². The van der Waals surface area contributed by atoms with Crippen LogP contribution in [0.2, 0.25) is 0 Å². The molecule has 11 rings (SSSR count). The lowest BCUT2D eigenvalue weighted by atomic mass is 9.67. The van der Waals surface area contributed by atoms with Gasteiger partial charge >= 0.3 is 0 Å². The molecule has 3 nitrogen and oxygen atoms in total. The fourth-order valence-electron chi connectivity index (χ4n) is 9.73. The second-order valence-electron chi connectivity index (χ2n) is 16.4. The Hall–Kier alpha value is -8.45. The van der Waals surface area contributed by atoms with Crippen LogP contribution in [0.5, 0.6) is 0 Å². The van der Waals surface area contributed by atoms with Gasteiger partial charge in [0, 0.05) is 33.4 Å². The summed E-state index contributed by atoms with van der Waals surface area (Å²) in [7, 11) is 0. The Morgan fingerprint density at radius 3 is 1.91 bits per heavy atom. The van der Waals surface area contributed by atoms with Gasteiger partial charge in [-0.3, -0.25) is 0 Å². The molecule has 0 fully saturated rings. The number of hydrogen-bond donors (Lipinski definition) is 1. The van der Waals surface area contributed by atoms with Crippen molar-refractivity contribution in [1.82, 2.24) is 4.57 Å². The van der Waals surface area contributed by atoms with Gasteiger partial charge in [0.05, 0.1) is 28.1 Å². The lowest BCUT2D eigenvalue weighted by Crippen LogP contribution is -2.28. The molecule has 67 heavy (non-hydrogen) atoms. The molecule has 3 heteroatoms. The van der Waals surface area contributed by atoms with Gasteiger partial charge in [0.25, 0.3) is 0 Å². The highest BCUT2D eigenvalue weighted by atomic mass is 15.0. The number of anilines is 2. The van der Waals surface area contributed by atoms with Crippen molar-refractivity contribution < 1.29 is 0 Å². The zero-order chi connectivity index (χ0) is 46.2. The second kappa shape index (κ2) is 19.7. The van der Waals surface area contributed by atoms with Crippen molar-refractivity contribution in [2.45, 2.75) is 32.6 Å². The van der Waals surface area contributed by atoms with E-state index in [0.717, 1.165) is 56.8 Å². The van der Waals surface area contributed by atoms with E-state index in [4.69, 9.17) is 0 Å². The average molecular weight is 864 g/mol. The molecule has 2 aliphatic rings. The number of hydrogen-bond acceptors (Lipinski definition) is 2. The largest absolute Gasteiger partial charge is 0.355 e. The van der Waals surface area contributed by atoms with E-state index in [2.05, 4.69) is 180 Å². The molecule has 0 radical (unpaired) electrons. The fourth-order valence-corrected chi connectivity index (χ4v) is 9.73. The molecule has 0 unspecified atom stereocenters. The highest BCUT2D eigenvalue weighted by Crippen LogP contribution is 2.59. The minimum atomic E-state index is -0.425. The summed E-state index contributed by atoms with van der Waals surface area (Å²) < 4.78 is 2.28. The van der Waals surface area contributed by atoms with E-state index in [1.54, 1.807) is 0 Å². The van der Waals surface area contributed by atoms with Gasteiger partial charge < -0.3 is 9.88 Å². The monoisotopic (exact) mass is 863 g/mol. The predicted molar refractivity (Wildman–Crippen MR) is 285 cm³/mol. The maximum absolute atomic E-state index is 9.42. The number of nitrogens with zero attached hydrogens (tertiary/aromatic N) is 2. The van der Waals surface area contributed by atoms with Crippen LogP contribution in [0, 0.1) is 11.3 Å². The molecular formula is C64H53N3. The SMILES string of the molecule is C=C(/C=C\C=C/C)c1cc(-c2ccc3c(c2)c2ccccc2n3-c2ccc(C#N)cc2)ccc1Nc1ccc2c(c1)C(c1ccccc1)(c1ccccc1)C1=CCC=C12.CC.c1ccccc1. The quantitative estimate of drug-likeness (QED) is 0.147. The number of nitrogens with one attached hydrogen (secondary N) is 1. The lowest BCUT2D eigenvalue weighted by molar-refractivity contribution is 0.769. The number of nitriles is 1. The number of allylic oxidation sites excluding steroid dienone is 9. The van der Waals surface area contributed by atoms with Crippen LogP contribution in [-0.4, -0.2) is 4.57 Å². The first-order valence-corrected chi connectivity index (χ1v) is 23.2. The summed E-state index contributed by atoms with van der Waals surface area (Å²) in [6, 6.07) is 72.8. The Labute approximate surface area is 395 Å². The van der Waals surface area contributed by atoms with Gasteiger partial charge in [-0.05, 0) is 130 Å². The van der Waals surface area contributed by atoms with Gasteiger partial charge in [-0.2, -0.15) is 5.26 Å². The highest BCUT2D eigenvalue weighted by Gasteiger charge is 2.49. The minimum absolute atomic E-state index is 0.425. The van der Waals surface area contributed by atoms with E-state index in [9.17, 15) is 5.26 Å². The van der Waals surface area contributed by atoms with E-state index in [1.807, 2.05) is 99.7 Å². The molecule has 324 valence electrons. The van der Waals surface area contributed by atoms with Crippen LogP contribution in [0.3, 0.4) is 0 Å². The van der Waals surface area contributed by atoms with Crippen LogP contribution in [0.15, 0.2) is 249 Å². The molecule has 1 aromatic heterocycles. The first-order chi connectivity index (χ1) is 33.1. The normalized spacial score (nSPS) is 13.2. The molecule has 0 aliphatic heterocycles. The summed E-state index contributed by atoms with van der Waals surface area (Å²) in [5.41, 5.74) is 17.5. The van der Waals surface area contributed by atoms with Gasteiger partial charge in [-0.25, -0.2) is 0 Å².